The first-order valence-corrected chi connectivity index (χ1v) is 15.2. The zero-order valence-corrected chi connectivity index (χ0v) is 25.8. The molecule has 2 aliphatic rings. The summed E-state index contributed by atoms with van der Waals surface area (Å²) in [4.78, 5) is 31.0. The molecule has 2 aromatic rings. The molecule has 0 N–H and O–H groups in total. The van der Waals surface area contributed by atoms with E-state index in [0.717, 1.165) is 62.5 Å². The quantitative estimate of drug-likeness (QED) is 0.233. The Balaban J connectivity index is 0.00000186. The molecule has 1 fully saturated rings. The molecule has 4 rings (SSSR count). The van der Waals surface area contributed by atoms with Crippen molar-refractivity contribution in [1.82, 2.24) is 9.88 Å². The second-order valence-electron chi connectivity index (χ2n) is 9.85. The van der Waals surface area contributed by atoms with Gasteiger partial charge < -0.3 is 9.64 Å². The number of halogens is 2. The summed E-state index contributed by atoms with van der Waals surface area (Å²) in [5, 5.41) is 0. The van der Waals surface area contributed by atoms with Gasteiger partial charge in [-0.25, -0.2) is 0 Å². The Morgan fingerprint density at radius 1 is 1.00 bits per heavy atom. The molecule has 1 amide bonds. The summed E-state index contributed by atoms with van der Waals surface area (Å²) in [6, 6.07) is 6.81. The molecule has 1 aliphatic carbocycles. The third-order valence-electron chi connectivity index (χ3n) is 7.46. The number of likely N-dealkylation sites (tertiary alicyclic amines) is 1. The highest BCUT2D eigenvalue weighted by Crippen LogP contribution is 2.45. The van der Waals surface area contributed by atoms with Gasteiger partial charge >= 0.3 is 5.97 Å². The van der Waals surface area contributed by atoms with Crippen molar-refractivity contribution < 1.29 is 14.3 Å². The second kappa shape index (κ2) is 14.4. The largest absolute Gasteiger partial charge is 0.469 e. The SMILES string of the molecule is CC.COC(=O)CCCCCC(=O)N1CCC(C2c3ncc(Br)cc3CCc3cc(C)cc(Br)c32)CC1. The minimum atomic E-state index is -0.177. The van der Waals surface area contributed by atoms with Crippen LogP contribution in [0.25, 0.3) is 0 Å². The van der Waals surface area contributed by atoms with Gasteiger partial charge in [-0.2, -0.15) is 0 Å². The fourth-order valence-electron chi connectivity index (χ4n) is 5.68. The third kappa shape index (κ3) is 7.66. The molecule has 1 aromatic heterocycles. The lowest BCUT2D eigenvalue weighted by atomic mass is 9.76. The topological polar surface area (TPSA) is 59.5 Å². The van der Waals surface area contributed by atoms with Gasteiger partial charge in [0.2, 0.25) is 5.91 Å². The van der Waals surface area contributed by atoms with Crippen LogP contribution in [0.1, 0.15) is 92.7 Å². The number of unbranched alkanes of at least 4 members (excludes halogenated alkanes) is 2. The number of rotatable bonds is 7. The number of methoxy groups -OCH3 is 1. The summed E-state index contributed by atoms with van der Waals surface area (Å²) >= 11 is 7.52. The van der Waals surface area contributed by atoms with Crippen molar-refractivity contribution in [2.24, 2.45) is 5.92 Å². The summed E-state index contributed by atoms with van der Waals surface area (Å²) < 4.78 is 6.89. The molecule has 2 heterocycles. The number of carbonyl (C=O) groups excluding carboxylic acids is 2. The van der Waals surface area contributed by atoms with E-state index in [9.17, 15) is 9.59 Å². The van der Waals surface area contributed by atoms with Crippen molar-refractivity contribution >= 4 is 43.7 Å². The first-order valence-electron chi connectivity index (χ1n) is 13.6. The molecule has 1 unspecified atom stereocenters. The highest BCUT2D eigenvalue weighted by Gasteiger charge is 2.36. The van der Waals surface area contributed by atoms with Crippen molar-refractivity contribution in [2.75, 3.05) is 20.2 Å². The lowest BCUT2D eigenvalue weighted by molar-refractivity contribution is -0.140. The first-order chi connectivity index (χ1) is 17.9. The number of benzene rings is 1. The maximum Gasteiger partial charge on any atom is 0.305 e. The summed E-state index contributed by atoms with van der Waals surface area (Å²) in [6.07, 6.45) is 9.37. The normalized spacial score (nSPS) is 17.1. The summed E-state index contributed by atoms with van der Waals surface area (Å²) in [5.74, 6) is 0.745. The molecule has 7 heteroatoms. The Kier molecular flexibility index (Phi) is 11.6. The predicted molar refractivity (Wildman–Crippen MR) is 156 cm³/mol. The standard InChI is InChI=1S/C28H34Br2N2O3.C2H6/c1-18-14-20-8-9-21-16-22(29)17-31-28(21)27(26(20)23(30)15-18)19-10-12-32(13-11-19)24(33)6-4-3-5-7-25(34)35-2;1-2/h14-17,19,27H,3-13H2,1-2H3;1-2H3. The van der Waals surface area contributed by atoms with Crippen molar-refractivity contribution in [2.45, 2.75) is 84.5 Å². The van der Waals surface area contributed by atoms with Gasteiger partial charge in [-0.15, -0.1) is 0 Å². The molecule has 5 nitrogen and oxygen atoms in total. The fraction of sp³-hybridized carbons (Fsp3) is 0.567. The van der Waals surface area contributed by atoms with E-state index in [1.807, 2.05) is 24.9 Å². The maximum atomic E-state index is 12.8. The summed E-state index contributed by atoms with van der Waals surface area (Å²) in [5.41, 5.74) is 6.62. The van der Waals surface area contributed by atoms with Crippen LogP contribution >= 0.6 is 31.9 Å². The van der Waals surface area contributed by atoms with Gasteiger partial charge in [0.05, 0.1) is 12.8 Å². The highest BCUT2D eigenvalue weighted by molar-refractivity contribution is 9.10. The van der Waals surface area contributed by atoms with Gasteiger partial charge in [-0.05, 0) is 102 Å². The van der Waals surface area contributed by atoms with Crippen LogP contribution in [0.15, 0.2) is 33.3 Å². The van der Waals surface area contributed by atoms with Crippen molar-refractivity contribution in [3.63, 3.8) is 0 Å². The van der Waals surface area contributed by atoms with Crippen LogP contribution in [0.5, 0.6) is 0 Å². The Hall–Kier alpha value is -1.73. The number of amides is 1. The zero-order valence-electron chi connectivity index (χ0n) is 22.6. The number of hydrogen-bond donors (Lipinski definition) is 0. The number of nitrogens with zero attached hydrogens (tertiary/aromatic N) is 2. The number of fused-ring (bicyclic) bond motifs is 2. The maximum absolute atomic E-state index is 12.8. The molecule has 1 aliphatic heterocycles. The molecule has 1 atom stereocenters. The molecule has 0 bridgehead atoms. The van der Waals surface area contributed by atoms with Crippen LogP contribution in [-0.2, 0) is 27.2 Å². The van der Waals surface area contributed by atoms with Gasteiger partial charge in [0.1, 0.15) is 0 Å². The third-order valence-corrected chi connectivity index (χ3v) is 8.55. The van der Waals surface area contributed by atoms with Crippen LogP contribution in [0, 0.1) is 12.8 Å². The van der Waals surface area contributed by atoms with Crippen LogP contribution in [0.2, 0.25) is 0 Å². The van der Waals surface area contributed by atoms with Crippen LogP contribution in [-0.4, -0.2) is 42.0 Å². The van der Waals surface area contributed by atoms with Crippen LogP contribution < -0.4 is 0 Å². The number of ether oxygens (including phenoxy) is 1. The molecule has 0 radical (unpaired) electrons. The Morgan fingerprint density at radius 3 is 2.38 bits per heavy atom. The Labute approximate surface area is 239 Å². The van der Waals surface area contributed by atoms with E-state index in [1.54, 1.807) is 0 Å². The van der Waals surface area contributed by atoms with Crippen molar-refractivity contribution in [1.29, 1.82) is 0 Å². The number of aromatic nitrogens is 1. The molecule has 1 aromatic carbocycles. The number of esters is 1. The number of hydrogen-bond acceptors (Lipinski definition) is 4. The van der Waals surface area contributed by atoms with Gasteiger partial charge in [0.15, 0.2) is 0 Å². The van der Waals surface area contributed by atoms with Crippen molar-refractivity contribution in [3.05, 3.63) is 61.3 Å². The number of aryl methyl sites for hydroxylation is 3. The minimum Gasteiger partial charge on any atom is -0.469 e. The molecule has 1 saturated heterocycles. The van der Waals surface area contributed by atoms with E-state index in [0.29, 0.717) is 18.8 Å². The average molecular weight is 636 g/mol. The van der Waals surface area contributed by atoms with Gasteiger partial charge in [-0.3, -0.25) is 14.6 Å². The molecule has 0 spiro atoms. The molecule has 0 saturated carbocycles. The summed E-state index contributed by atoms with van der Waals surface area (Å²) in [6.45, 7) is 7.76. The monoisotopic (exact) mass is 634 g/mol. The minimum absolute atomic E-state index is 0.177. The van der Waals surface area contributed by atoms with Crippen molar-refractivity contribution in [3.8, 4) is 0 Å². The van der Waals surface area contributed by atoms with Crippen LogP contribution in [0.3, 0.4) is 0 Å². The fourth-order valence-corrected chi connectivity index (χ4v) is 6.92. The number of piperidine rings is 1. The summed E-state index contributed by atoms with van der Waals surface area (Å²) in [7, 11) is 1.41. The molecular formula is C30H40Br2N2O3. The predicted octanol–water partition coefficient (Wildman–Crippen LogP) is 7.53. The molecule has 202 valence electrons. The smallest absolute Gasteiger partial charge is 0.305 e. The Bertz CT molecular complexity index is 1080. The first kappa shape index (κ1) is 29.8. The number of carbonyl (C=O) groups is 2. The lowest BCUT2D eigenvalue weighted by Crippen LogP contribution is -2.40. The van der Waals surface area contributed by atoms with E-state index in [1.165, 1.54) is 39.5 Å². The number of pyridine rings is 1. The lowest BCUT2D eigenvalue weighted by Gasteiger charge is -2.37. The van der Waals surface area contributed by atoms with Gasteiger partial charge in [0, 0.05) is 47.0 Å². The van der Waals surface area contributed by atoms with E-state index in [2.05, 4.69) is 61.7 Å². The average Bonchev–Trinajstić information content (AvgIpc) is 3.06. The Morgan fingerprint density at radius 2 is 1.68 bits per heavy atom. The highest BCUT2D eigenvalue weighted by atomic mass is 79.9. The van der Waals surface area contributed by atoms with Gasteiger partial charge in [0.25, 0.3) is 0 Å². The van der Waals surface area contributed by atoms with E-state index in [-0.39, 0.29) is 17.8 Å². The van der Waals surface area contributed by atoms with Crippen LogP contribution in [0.4, 0.5) is 0 Å². The second-order valence-corrected chi connectivity index (χ2v) is 11.6. The molecular weight excluding hydrogens is 596 g/mol. The van der Waals surface area contributed by atoms with Gasteiger partial charge in [-0.1, -0.05) is 42.3 Å². The van der Waals surface area contributed by atoms with E-state index < -0.39 is 0 Å². The van der Waals surface area contributed by atoms with E-state index >= 15 is 0 Å². The molecule has 37 heavy (non-hydrogen) atoms. The van der Waals surface area contributed by atoms with E-state index in [4.69, 9.17) is 4.98 Å². The zero-order chi connectivity index (χ0) is 26.9.